The van der Waals surface area contributed by atoms with E-state index in [0.29, 0.717) is 5.52 Å². The SMILES string of the molecule is COc1nnc(S(C)(=O)=O)c2nc[nH]c12. The minimum atomic E-state index is -3.44. The van der Waals surface area contributed by atoms with Crippen LogP contribution in [0.1, 0.15) is 0 Å². The predicted octanol–water partition coefficient (Wildman–Crippen LogP) is -0.235. The summed E-state index contributed by atoms with van der Waals surface area (Å²) in [4.78, 5) is 6.63. The molecule has 0 spiro atoms. The molecule has 0 saturated carbocycles. The van der Waals surface area contributed by atoms with Crippen molar-refractivity contribution >= 4 is 20.9 Å². The Hall–Kier alpha value is -1.70. The molecule has 0 bridgehead atoms. The number of rotatable bonds is 2. The second-order valence-electron chi connectivity index (χ2n) is 2.91. The lowest BCUT2D eigenvalue weighted by molar-refractivity contribution is 0.395. The van der Waals surface area contributed by atoms with Crippen LogP contribution in [0.25, 0.3) is 11.0 Å². The highest BCUT2D eigenvalue weighted by molar-refractivity contribution is 7.90. The molecule has 0 radical (unpaired) electrons. The van der Waals surface area contributed by atoms with Crippen molar-refractivity contribution in [1.29, 1.82) is 0 Å². The molecule has 2 rings (SSSR count). The Balaban J connectivity index is 2.86. The number of ether oxygens (including phenoxy) is 1. The number of methoxy groups -OCH3 is 1. The molecule has 0 amide bonds. The Kier molecular flexibility index (Phi) is 2.07. The van der Waals surface area contributed by atoms with Crippen LogP contribution >= 0.6 is 0 Å². The van der Waals surface area contributed by atoms with Crippen LogP contribution in [0.4, 0.5) is 0 Å². The summed E-state index contributed by atoms with van der Waals surface area (Å²) in [6, 6.07) is 0. The Morgan fingerprint density at radius 2 is 2.13 bits per heavy atom. The average Bonchev–Trinajstić information content (AvgIpc) is 2.62. The molecule has 15 heavy (non-hydrogen) atoms. The molecule has 0 saturated heterocycles. The number of fused-ring (bicyclic) bond motifs is 1. The van der Waals surface area contributed by atoms with Crippen molar-refractivity contribution in [2.45, 2.75) is 5.03 Å². The van der Waals surface area contributed by atoms with Crippen molar-refractivity contribution < 1.29 is 13.2 Å². The van der Waals surface area contributed by atoms with Gasteiger partial charge < -0.3 is 9.72 Å². The minimum absolute atomic E-state index is 0.153. The number of sulfone groups is 1. The molecule has 1 N–H and O–H groups in total. The van der Waals surface area contributed by atoms with Crippen LogP contribution in [0, 0.1) is 0 Å². The van der Waals surface area contributed by atoms with E-state index in [1.165, 1.54) is 13.4 Å². The van der Waals surface area contributed by atoms with E-state index >= 15 is 0 Å². The summed E-state index contributed by atoms with van der Waals surface area (Å²) in [5.74, 6) is 0.218. The Morgan fingerprint density at radius 1 is 1.40 bits per heavy atom. The number of H-pyrrole nitrogens is 1. The van der Waals surface area contributed by atoms with Crippen LogP contribution in [0.15, 0.2) is 11.4 Å². The first-order valence-corrected chi connectivity index (χ1v) is 5.87. The first kappa shape index (κ1) is 9.84. The van der Waals surface area contributed by atoms with E-state index in [0.717, 1.165) is 6.26 Å². The van der Waals surface area contributed by atoms with Gasteiger partial charge in [-0.1, -0.05) is 0 Å². The molecule has 8 heteroatoms. The fourth-order valence-corrected chi connectivity index (χ4v) is 1.90. The van der Waals surface area contributed by atoms with Crippen molar-refractivity contribution in [3.63, 3.8) is 0 Å². The number of imidazole rings is 1. The number of nitrogens with one attached hydrogen (secondary N) is 1. The van der Waals surface area contributed by atoms with E-state index in [1.54, 1.807) is 0 Å². The standard InChI is InChI=1S/C7H8N4O3S/c1-14-6-4-5(9-3-8-4)7(11-10-6)15(2,12)13/h3H,1-2H3,(H,8,9). The Labute approximate surface area is 85.4 Å². The van der Waals surface area contributed by atoms with Crippen LogP contribution in [-0.4, -0.2) is 41.9 Å². The zero-order valence-electron chi connectivity index (χ0n) is 8.05. The highest BCUT2D eigenvalue weighted by Crippen LogP contribution is 2.23. The van der Waals surface area contributed by atoms with Crippen LogP contribution in [0.3, 0.4) is 0 Å². The molecule has 0 aliphatic rings. The molecule has 0 unspecified atom stereocenters. The van der Waals surface area contributed by atoms with Gasteiger partial charge in [0.2, 0.25) is 5.03 Å². The molecular formula is C7H8N4O3S. The number of aromatic amines is 1. The molecule has 0 aliphatic heterocycles. The molecule has 2 aromatic rings. The summed E-state index contributed by atoms with van der Waals surface area (Å²) >= 11 is 0. The van der Waals surface area contributed by atoms with Gasteiger partial charge in [0.05, 0.1) is 13.4 Å². The van der Waals surface area contributed by atoms with Gasteiger partial charge in [0.25, 0.3) is 5.88 Å². The van der Waals surface area contributed by atoms with Gasteiger partial charge in [0, 0.05) is 6.26 Å². The van der Waals surface area contributed by atoms with E-state index in [1.807, 2.05) is 0 Å². The Bertz CT molecular complexity index is 604. The van der Waals surface area contributed by atoms with E-state index in [2.05, 4.69) is 20.2 Å². The number of nitrogens with zero attached hydrogens (tertiary/aromatic N) is 3. The van der Waals surface area contributed by atoms with Crippen LogP contribution in [-0.2, 0) is 9.84 Å². The second kappa shape index (κ2) is 3.16. The third-order valence-corrected chi connectivity index (χ3v) is 2.81. The maximum atomic E-state index is 11.3. The molecule has 2 aromatic heterocycles. The molecule has 2 heterocycles. The van der Waals surface area contributed by atoms with Crippen molar-refractivity contribution in [3.05, 3.63) is 6.33 Å². The lowest BCUT2D eigenvalue weighted by atomic mass is 10.4. The number of aromatic nitrogens is 4. The monoisotopic (exact) mass is 228 g/mol. The van der Waals surface area contributed by atoms with Crippen LogP contribution < -0.4 is 4.74 Å². The van der Waals surface area contributed by atoms with Crippen molar-refractivity contribution in [3.8, 4) is 5.88 Å². The van der Waals surface area contributed by atoms with Gasteiger partial charge in [0.1, 0.15) is 11.0 Å². The summed E-state index contributed by atoms with van der Waals surface area (Å²) < 4.78 is 27.6. The molecular weight excluding hydrogens is 220 g/mol. The van der Waals surface area contributed by atoms with E-state index in [9.17, 15) is 8.42 Å². The van der Waals surface area contributed by atoms with Crippen molar-refractivity contribution in [2.24, 2.45) is 0 Å². The Morgan fingerprint density at radius 3 is 2.73 bits per heavy atom. The first-order valence-electron chi connectivity index (χ1n) is 3.98. The summed E-state index contributed by atoms with van der Waals surface area (Å²) in [6.45, 7) is 0. The smallest absolute Gasteiger partial charge is 0.259 e. The fraction of sp³-hybridized carbons (Fsp3) is 0.286. The minimum Gasteiger partial charge on any atom is -0.478 e. The molecule has 7 nitrogen and oxygen atoms in total. The van der Waals surface area contributed by atoms with Gasteiger partial charge in [-0.15, -0.1) is 10.2 Å². The van der Waals surface area contributed by atoms with E-state index in [4.69, 9.17) is 4.74 Å². The van der Waals surface area contributed by atoms with Gasteiger partial charge in [-0.25, -0.2) is 13.4 Å². The van der Waals surface area contributed by atoms with Crippen molar-refractivity contribution in [2.75, 3.05) is 13.4 Å². The van der Waals surface area contributed by atoms with Gasteiger partial charge in [0.15, 0.2) is 9.84 Å². The molecule has 0 aliphatic carbocycles. The normalized spacial score (nSPS) is 11.9. The molecule has 0 aromatic carbocycles. The predicted molar refractivity (Wildman–Crippen MR) is 51.3 cm³/mol. The fourth-order valence-electron chi connectivity index (χ4n) is 1.20. The van der Waals surface area contributed by atoms with Gasteiger partial charge >= 0.3 is 0 Å². The third kappa shape index (κ3) is 1.52. The highest BCUT2D eigenvalue weighted by atomic mass is 32.2. The van der Waals surface area contributed by atoms with Crippen molar-refractivity contribution in [1.82, 2.24) is 20.2 Å². The van der Waals surface area contributed by atoms with Gasteiger partial charge in [-0.05, 0) is 0 Å². The molecule has 0 fully saturated rings. The zero-order valence-corrected chi connectivity index (χ0v) is 8.87. The summed E-state index contributed by atoms with van der Waals surface area (Å²) in [7, 11) is -2.01. The topological polar surface area (TPSA) is 97.8 Å². The summed E-state index contributed by atoms with van der Waals surface area (Å²) in [5.41, 5.74) is 0.664. The second-order valence-corrected chi connectivity index (χ2v) is 4.84. The van der Waals surface area contributed by atoms with E-state index in [-0.39, 0.29) is 16.4 Å². The maximum Gasteiger partial charge on any atom is 0.259 e. The summed E-state index contributed by atoms with van der Waals surface area (Å²) in [6.07, 6.45) is 2.42. The van der Waals surface area contributed by atoms with Crippen LogP contribution in [0.5, 0.6) is 5.88 Å². The molecule has 80 valence electrons. The number of hydrogen-bond donors (Lipinski definition) is 1. The maximum absolute atomic E-state index is 11.3. The van der Waals surface area contributed by atoms with Crippen LogP contribution in [0.2, 0.25) is 0 Å². The van der Waals surface area contributed by atoms with E-state index < -0.39 is 9.84 Å². The zero-order chi connectivity index (χ0) is 11.1. The first-order chi connectivity index (χ1) is 7.04. The average molecular weight is 228 g/mol. The summed E-state index contributed by atoms with van der Waals surface area (Å²) in [5, 5.41) is 7.06. The largest absolute Gasteiger partial charge is 0.478 e. The lowest BCUT2D eigenvalue weighted by Crippen LogP contribution is -2.04. The third-order valence-electron chi connectivity index (χ3n) is 1.83. The molecule has 0 atom stereocenters. The quantitative estimate of drug-likeness (QED) is 0.762. The van der Waals surface area contributed by atoms with Gasteiger partial charge in [-0.2, -0.15) is 0 Å². The lowest BCUT2D eigenvalue weighted by Gasteiger charge is -2.01. The highest BCUT2D eigenvalue weighted by Gasteiger charge is 2.19. The van der Waals surface area contributed by atoms with Gasteiger partial charge in [-0.3, -0.25) is 0 Å². The number of hydrogen-bond acceptors (Lipinski definition) is 6.